The van der Waals surface area contributed by atoms with Crippen molar-refractivity contribution in [3.05, 3.63) is 53.4 Å². The summed E-state index contributed by atoms with van der Waals surface area (Å²) >= 11 is 1.68. The molecule has 0 aliphatic carbocycles. The number of likely N-dealkylation sites (tertiary alicyclic amines) is 2. The highest BCUT2D eigenvalue weighted by Crippen LogP contribution is 2.37. The summed E-state index contributed by atoms with van der Waals surface area (Å²) in [6, 6.07) is 11.8. The molecule has 3 aromatic rings. The number of furan rings is 1. The van der Waals surface area contributed by atoms with E-state index in [0.717, 1.165) is 46.8 Å². The number of nitrogens with zero attached hydrogens (tertiary/aromatic N) is 3. The Labute approximate surface area is 173 Å². The van der Waals surface area contributed by atoms with Crippen LogP contribution in [0.15, 0.2) is 47.1 Å². The number of fused-ring (bicyclic) bond motifs is 1. The van der Waals surface area contributed by atoms with Crippen LogP contribution in [0.1, 0.15) is 42.5 Å². The van der Waals surface area contributed by atoms with Gasteiger partial charge in [0.25, 0.3) is 0 Å². The fourth-order valence-corrected chi connectivity index (χ4v) is 5.52. The summed E-state index contributed by atoms with van der Waals surface area (Å²) in [5, 5.41) is 1.01. The zero-order valence-electron chi connectivity index (χ0n) is 16.1. The Kier molecular flexibility index (Phi) is 4.83. The molecule has 0 saturated carbocycles. The molecule has 1 aromatic carbocycles. The molecule has 0 N–H and O–H groups in total. The number of para-hydroxylation sites is 1. The van der Waals surface area contributed by atoms with Gasteiger partial charge in [0.15, 0.2) is 0 Å². The molecule has 2 aromatic heterocycles. The summed E-state index contributed by atoms with van der Waals surface area (Å²) in [6.07, 6.45) is 4.92. The van der Waals surface area contributed by atoms with Crippen LogP contribution in [0.4, 0.5) is 0 Å². The largest absolute Gasteiger partial charge is 0.467 e. The summed E-state index contributed by atoms with van der Waals surface area (Å²) in [6.45, 7) is 1.63. The van der Waals surface area contributed by atoms with Crippen molar-refractivity contribution < 1.29 is 14.0 Å². The van der Waals surface area contributed by atoms with Crippen molar-refractivity contribution in [2.24, 2.45) is 5.92 Å². The third-order valence-electron chi connectivity index (χ3n) is 5.87. The Morgan fingerprint density at radius 1 is 1.21 bits per heavy atom. The number of benzene rings is 1. The number of piperidine rings is 1. The first-order valence-electron chi connectivity index (χ1n) is 10.1. The van der Waals surface area contributed by atoms with Crippen LogP contribution in [0.3, 0.4) is 0 Å². The molecule has 29 heavy (non-hydrogen) atoms. The molecule has 0 spiro atoms. The molecular formula is C22H23N3O3S. The van der Waals surface area contributed by atoms with E-state index in [0.29, 0.717) is 13.1 Å². The van der Waals surface area contributed by atoms with Crippen molar-refractivity contribution in [1.29, 1.82) is 0 Å². The second-order valence-electron chi connectivity index (χ2n) is 7.82. The molecule has 4 heterocycles. The van der Waals surface area contributed by atoms with Crippen LogP contribution in [0, 0.1) is 5.92 Å². The van der Waals surface area contributed by atoms with Gasteiger partial charge in [0, 0.05) is 19.5 Å². The van der Waals surface area contributed by atoms with Crippen LogP contribution in [-0.4, -0.2) is 39.7 Å². The van der Waals surface area contributed by atoms with E-state index in [4.69, 9.17) is 9.40 Å². The van der Waals surface area contributed by atoms with Crippen LogP contribution in [-0.2, 0) is 16.1 Å². The van der Waals surface area contributed by atoms with Gasteiger partial charge in [-0.3, -0.25) is 9.59 Å². The van der Waals surface area contributed by atoms with E-state index in [-0.39, 0.29) is 30.2 Å². The molecule has 2 unspecified atom stereocenters. The number of aromatic nitrogens is 1. The molecule has 2 aliphatic heterocycles. The van der Waals surface area contributed by atoms with Gasteiger partial charge in [-0.05, 0) is 43.5 Å². The number of hydrogen-bond acceptors (Lipinski definition) is 5. The van der Waals surface area contributed by atoms with Crippen LogP contribution in [0.5, 0.6) is 0 Å². The van der Waals surface area contributed by atoms with Gasteiger partial charge in [0.2, 0.25) is 11.8 Å². The number of carbonyl (C=O) groups is 2. The first-order valence-corrected chi connectivity index (χ1v) is 11.0. The molecule has 2 atom stereocenters. The maximum atomic E-state index is 13.4. The lowest BCUT2D eigenvalue weighted by Crippen LogP contribution is -2.42. The highest BCUT2D eigenvalue weighted by Gasteiger charge is 2.40. The van der Waals surface area contributed by atoms with Crippen LogP contribution in [0.25, 0.3) is 10.2 Å². The van der Waals surface area contributed by atoms with Crippen LogP contribution < -0.4 is 0 Å². The minimum atomic E-state index is -0.285. The van der Waals surface area contributed by atoms with Gasteiger partial charge >= 0.3 is 0 Å². The smallest absolute Gasteiger partial charge is 0.228 e. The van der Waals surface area contributed by atoms with Gasteiger partial charge in [-0.15, -0.1) is 11.3 Å². The minimum absolute atomic E-state index is 0.0166. The number of carbonyl (C=O) groups excluding carboxylic acids is 2. The Hall–Kier alpha value is -2.67. The second-order valence-corrected chi connectivity index (χ2v) is 8.88. The Bertz CT molecular complexity index is 996. The SMILES string of the molecule is O=C1CC(C(=O)N2CCCCC2c2nc3ccccc3s2)CN1Cc1ccco1. The second kappa shape index (κ2) is 7.63. The summed E-state index contributed by atoms with van der Waals surface area (Å²) in [5.74, 6) is 0.571. The molecule has 2 saturated heterocycles. The lowest BCUT2D eigenvalue weighted by atomic mass is 9.99. The Balaban J connectivity index is 1.34. The van der Waals surface area contributed by atoms with Crippen molar-refractivity contribution >= 4 is 33.4 Å². The molecule has 0 radical (unpaired) electrons. The predicted molar refractivity (Wildman–Crippen MR) is 110 cm³/mol. The average Bonchev–Trinajstić information content (AvgIpc) is 3.48. The van der Waals surface area contributed by atoms with Gasteiger partial charge < -0.3 is 14.2 Å². The van der Waals surface area contributed by atoms with Gasteiger partial charge in [0.05, 0.1) is 35.0 Å². The number of hydrogen-bond donors (Lipinski definition) is 0. The summed E-state index contributed by atoms with van der Waals surface area (Å²) < 4.78 is 6.52. The van der Waals surface area contributed by atoms with E-state index < -0.39 is 0 Å². The normalized spacial score (nSPS) is 22.6. The first-order chi connectivity index (χ1) is 14.2. The van der Waals surface area contributed by atoms with E-state index in [2.05, 4.69) is 6.07 Å². The molecule has 5 rings (SSSR count). The summed E-state index contributed by atoms with van der Waals surface area (Å²) in [4.78, 5) is 34.4. The van der Waals surface area contributed by atoms with Crippen LogP contribution >= 0.6 is 11.3 Å². The standard InChI is InChI=1S/C22H23N3O3S/c26-20-12-15(13-24(20)14-16-6-5-11-28-16)22(27)25-10-4-3-8-18(25)21-23-17-7-1-2-9-19(17)29-21/h1-2,5-7,9,11,15,18H,3-4,8,10,12-14H2. The van der Waals surface area contributed by atoms with E-state index in [1.54, 1.807) is 22.5 Å². The third kappa shape index (κ3) is 3.55. The average molecular weight is 410 g/mol. The molecule has 2 aliphatic rings. The molecule has 0 bridgehead atoms. The van der Waals surface area contributed by atoms with Crippen molar-refractivity contribution in [1.82, 2.24) is 14.8 Å². The highest BCUT2D eigenvalue weighted by atomic mass is 32.1. The van der Waals surface area contributed by atoms with E-state index in [9.17, 15) is 9.59 Å². The first kappa shape index (κ1) is 18.4. The van der Waals surface area contributed by atoms with Gasteiger partial charge in [-0.1, -0.05) is 12.1 Å². The summed E-state index contributed by atoms with van der Waals surface area (Å²) in [5.41, 5.74) is 0.992. The monoisotopic (exact) mass is 409 g/mol. The maximum Gasteiger partial charge on any atom is 0.228 e. The predicted octanol–water partition coefficient (Wildman–Crippen LogP) is 3.99. The molecule has 6 nitrogen and oxygen atoms in total. The molecule has 150 valence electrons. The van der Waals surface area contributed by atoms with E-state index in [1.165, 1.54) is 0 Å². The van der Waals surface area contributed by atoms with Gasteiger partial charge in [-0.2, -0.15) is 0 Å². The molecule has 2 amide bonds. The zero-order chi connectivity index (χ0) is 19.8. The minimum Gasteiger partial charge on any atom is -0.467 e. The number of rotatable bonds is 4. The zero-order valence-corrected chi connectivity index (χ0v) is 16.9. The number of thiazole rings is 1. The van der Waals surface area contributed by atoms with E-state index >= 15 is 0 Å². The lowest BCUT2D eigenvalue weighted by molar-refractivity contribution is -0.139. The fourth-order valence-electron chi connectivity index (χ4n) is 4.40. The van der Waals surface area contributed by atoms with Crippen LogP contribution in [0.2, 0.25) is 0 Å². The number of amides is 2. The van der Waals surface area contributed by atoms with Crippen molar-refractivity contribution in [3.8, 4) is 0 Å². The topological polar surface area (TPSA) is 66.7 Å². The molecule has 7 heteroatoms. The van der Waals surface area contributed by atoms with Crippen molar-refractivity contribution in [3.63, 3.8) is 0 Å². The highest BCUT2D eigenvalue weighted by molar-refractivity contribution is 7.18. The quantitative estimate of drug-likeness (QED) is 0.653. The van der Waals surface area contributed by atoms with Crippen molar-refractivity contribution in [2.45, 2.75) is 38.3 Å². The van der Waals surface area contributed by atoms with Gasteiger partial charge in [0.1, 0.15) is 10.8 Å². The van der Waals surface area contributed by atoms with Gasteiger partial charge in [-0.25, -0.2) is 4.98 Å². The van der Waals surface area contributed by atoms with E-state index in [1.807, 2.05) is 35.2 Å². The Morgan fingerprint density at radius 3 is 2.93 bits per heavy atom. The maximum absolute atomic E-state index is 13.4. The summed E-state index contributed by atoms with van der Waals surface area (Å²) in [7, 11) is 0. The fraction of sp³-hybridized carbons (Fsp3) is 0.409. The Morgan fingerprint density at radius 2 is 2.10 bits per heavy atom. The lowest BCUT2D eigenvalue weighted by Gasteiger charge is -2.36. The molecule has 2 fully saturated rings. The third-order valence-corrected chi connectivity index (χ3v) is 7.01. The molecular weight excluding hydrogens is 386 g/mol. The van der Waals surface area contributed by atoms with Crippen molar-refractivity contribution in [2.75, 3.05) is 13.1 Å².